The van der Waals surface area contributed by atoms with Gasteiger partial charge >= 0.3 is 12.1 Å². The average molecular weight is 379 g/mol. The van der Waals surface area contributed by atoms with Gasteiger partial charge in [0, 0.05) is 0 Å². The number of halogens is 1. The highest BCUT2D eigenvalue weighted by Gasteiger charge is 2.33. The maximum atomic E-state index is 13.4. The number of nitrogens with one attached hydrogen (secondary N) is 1. The zero-order valence-electron chi connectivity index (χ0n) is 16.4. The molecule has 2 rings (SSSR count). The van der Waals surface area contributed by atoms with Crippen LogP contribution in [0.3, 0.4) is 0 Å². The van der Waals surface area contributed by atoms with Crippen molar-refractivity contribution in [2.45, 2.75) is 64.7 Å². The summed E-state index contributed by atoms with van der Waals surface area (Å²) in [4.78, 5) is 24.2. The number of ether oxygens (including phenoxy) is 2. The van der Waals surface area contributed by atoms with E-state index >= 15 is 0 Å². The van der Waals surface area contributed by atoms with Gasteiger partial charge in [-0.25, -0.2) is 9.18 Å². The normalized spacial score (nSPS) is 21.2. The van der Waals surface area contributed by atoms with Crippen molar-refractivity contribution >= 4 is 12.1 Å². The van der Waals surface area contributed by atoms with Crippen LogP contribution in [0, 0.1) is 11.8 Å². The molecule has 1 N–H and O–H groups in total. The van der Waals surface area contributed by atoms with Gasteiger partial charge in [-0.05, 0) is 57.9 Å². The van der Waals surface area contributed by atoms with Crippen molar-refractivity contribution in [1.29, 1.82) is 0 Å². The fourth-order valence-corrected chi connectivity index (χ4v) is 3.35. The van der Waals surface area contributed by atoms with Crippen LogP contribution in [0.25, 0.3) is 0 Å². The van der Waals surface area contributed by atoms with Gasteiger partial charge in [0.05, 0.1) is 12.0 Å². The zero-order chi connectivity index (χ0) is 19.9. The summed E-state index contributed by atoms with van der Waals surface area (Å²) in [7, 11) is 0. The third-order valence-electron chi connectivity index (χ3n) is 4.77. The summed E-state index contributed by atoms with van der Waals surface area (Å²) >= 11 is 0. The highest BCUT2D eigenvalue weighted by atomic mass is 19.1. The molecule has 0 unspecified atom stereocenters. The van der Waals surface area contributed by atoms with Crippen molar-refractivity contribution < 1.29 is 23.5 Å². The van der Waals surface area contributed by atoms with Gasteiger partial charge in [0.1, 0.15) is 18.9 Å². The van der Waals surface area contributed by atoms with Gasteiger partial charge in [-0.1, -0.05) is 30.3 Å². The van der Waals surface area contributed by atoms with Crippen LogP contribution in [-0.2, 0) is 20.9 Å². The molecule has 1 aromatic carbocycles. The Morgan fingerprint density at radius 1 is 1.15 bits per heavy atom. The van der Waals surface area contributed by atoms with E-state index in [2.05, 4.69) is 5.32 Å². The van der Waals surface area contributed by atoms with Crippen molar-refractivity contribution in [3.05, 3.63) is 35.9 Å². The van der Waals surface area contributed by atoms with Gasteiger partial charge in [-0.15, -0.1) is 0 Å². The third-order valence-corrected chi connectivity index (χ3v) is 4.77. The largest absolute Gasteiger partial charge is 0.461 e. The van der Waals surface area contributed by atoms with Gasteiger partial charge in [0.2, 0.25) is 0 Å². The Balaban J connectivity index is 1.77. The number of hydrogen-bond acceptors (Lipinski definition) is 4. The monoisotopic (exact) mass is 379 g/mol. The maximum Gasteiger partial charge on any atom is 0.407 e. The Kier molecular flexibility index (Phi) is 7.63. The topological polar surface area (TPSA) is 64.6 Å². The quantitative estimate of drug-likeness (QED) is 0.744. The molecular formula is C21H30FNO4. The fourth-order valence-electron chi connectivity index (χ4n) is 3.35. The van der Waals surface area contributed by atoms with Crippen LogP contribution in [0.15, 0.2) is 30.3 Å². The van der Waals surface area contributed by atoms with E-state index in [-0.39, 0.29) is 24.4 Å². The molecule has 0 bridgehead atoms. The number of alkyl halides is 1. The van der Waals surface area contributed by atoms with E-state index in [1.807, 2.05) is 30.3 Å². The minimum atomic E-state index is -0.646. The van der Waals surface area contributed by atoms with Crippen LogP contribution < -0.4 is 5.32 Å². The van der Waals surface area contributed by atoms with E-state index in [1.54, 1.807) is 20.8 Å². The predicted molar refractivity (Wildman–Crippen MR) is 101 cm³/mol. The van der Waals surface area contributed by atoms with Crippen LogP contribution in [-0.4, -0.2) is 30.4 Å². The van der Waals surface area contributed by atoms with Gasteiger partial charge in [-0.3, -0.25) is 4.79 Å². The fraction of sp³-hybridized carbons (Fsp3) is 0.619. The predicted octanol–water partition coefficient (Wildman–Crippen LogP) is 4.40. The number of amides is 1. The number of carbonyl (C=O) groups excluding carboxylic acids is 2. The number of esters is 1. The average Bonchev–Trinajstić information content (AvgIpc) is 2.64. The number of rotatable bonds is 6. The molecule has 1 atom stereocenters. The summed E-state index contributed by atoms with van der Waals surface area (Å²) < 4.78 is 24.0. The Bertz CT molecular complexity index is 606. The van der Waals surface area contributed by atoms with Gasteiger partial charge in [0.25, 0.3) is 0 Å². The Morgan fingerprint density at radius 3 is 2.33 bits per heavy atom. The minimum absolute atomic E-state index is 0.000640. The summed E-state index contributed by atoms with van der Waals surface area (Å²) in [5, 5.41) is 2.63. The first-order chi connectivity index (χ1) is 12.8. The Hall–Kier alpha value is -2.11. The molecule has 0 saturated heterocycles. The number of alkyl carbamates (subject to hydrolysis) is 1. The van der Waals surface area contributed by atoms with Crippen molar-refractivity contribution in [3.63, 3.8) is 0 Å². The highest BCUT2D eigenvalue weighted by molar-refractivity contribution is 5.72. The molecular weight excluding hydrogens is 349 g/mol. The molecule has 1 saturated carbocycles. The van der Waals surface area contributed by atoms with Crippen molar-refractivity contribution in [2.75, 3.05) is 6.67 Å². The smallest absolute Gasteiger partial charge is 0.407 e. The molecule has 0 heterocycles. The van der Waals surface area contributed by atoms with E-state index in [0.29, 0.717) is 25.7 Å². The molecule has 1 amide bonds. The standard InChI is InChI=1S/C21H30FNO4/c1-21(2,3)27-20(25)23-18(13-22)16-9-11-17(12-10-16)19(24)26-14-15-7-5-4-6-8-15/h4-8,16-18H,9-14H2,1-3H3,(H,23,25)/t16-,17+,18-/m0/s1. The molecule has 27 heavy (non-hydrogen) atoms. The van der Waals surface area contributed by atoms with Crippen LogP contribution >= 0.6 is 0 Å². The number of hydrogen-bond donors (Lipinski definition) is 1. The minimum Gasteiger partial charge on any atom is -0.461 e. The van der Waals surface area contributed by atoms with Gasteiger partial charge < -0.3 is 14.8 Å². The number of carbonyl (C=O) groups is 2. The summed E-state index contributed by atoms with van der Waals surface area (Å²) in [5.74, 6) is -0.360. The van der Waals surface area contributed by atoms with E-state index in [1.165, 1.54) is 0 Å². The van der Waals surface area contributed by atoms with E-state index in [4.69, 9.17) is 9.47 Å². The second-order valence-electron chi connectivity index (χ2n) is 8.11. The first-order valence-corrected chi connectivity index (χ1v) is 9.54. The number of benzene rings is 1. The molecule has 5 nitrogen and oxygen atoms in total. The lowest BCUT2D eigenvalue weighted by molar-refractivity contribution is -0.151. The molecule has 1 aliphatic rings. The first-order valence-electron chi connectivity index (χ1n) is 9.54. The zero-order valence-corrected chi connectivity index (χ0v) is 16.4. The van der Waals surface area contributed by atoms with Crippen LogP contribution in [0.2, 0.25) is 0 Å². The maximum absolute atomic E-state index is 13.4. The van der Waals surface area contributed by atoms with Gasteiger partial charge in [-0.2, -0.15) is 0 Å². The van der Waals surface area contributed by atoms with E-state index in [9.17, 15) is 14.0 Å². The summed E-state index contributed by atoms with van der Waals surface area (Å²) in [6.45, 7) is 4.93. The molecule has 6 heteroatoms. The molecule has 150 valence electrons. The Labute approximate surface area is 160 Å². The van der Waals surface area contributed by atoms with Crippen molar-refractivity contribution in [3.8, 4) is 0 Å². The molecule has 0 spiro atoms. The third kappa shape index (κ3) is 7.19. The van der Waals surface area contributed by atoms with Crippen molar-refractivity contribution in [2.24, 2.45) is 11.8 Å². The molecule has 0 radical (unpaired) electrons. The van der Waals surface area contributed by atoms with Crippen LogP contribution in [0.5, 0.6) is 0 Å². The molecule has 0 aromatic heterocycles. The SMILES string of the molecule is CC(C)(C)OC(=O)N[C@@H](CF)[C@H]1CC[C@@H](C(=O)OCc2ccccc2)CC1. The van der Waals surface area contributed by atoms with E-state index in [0.717, 1.165) is 5.56 Å². The first kappa shape index (κ1) is 21.2. The van der Waals surface area contributed by atoms with Crippen LogP contribution in [0.1, 0.15) is 52.0 Å². The lowest BCUT2D eigenvalue weighted by atomic mass is 9.79. The molecule has 0 aliphatic heterocycles. The second-order valence-corrected chi connectivity index (χ2v) is 8.11. The molecule has 1 fully saturated rings. The molecule has 1 aliphatic carbocycles. The lowest BCUT2D eigenvalue weighted by Gasteiger charge is -2.32. The lowest BCUT2D eigenvalue weighted by Crippen LogP contribution is -2.45. The summed E-state index contributed by atoms with van der Waals surface area (Å²) in [6, 6.07) is 8.98. The van der Waals surface area contributed by atoms with E-state index < -0.39 is 24.4 Å². The second kappa shape index (κ2) is 9.72. The van der Waals surface area contributed by atoms with Crippen LogP contribution in [0.4, 0.5) is 9.18 Å². The van der Waals surface area contributed by atoms with Crippen molar-refractivity contribution in [1.82, 2.24) is 5.32 Å². The molecule has 1 aromatic rings. The van der Waals surface area contributed by atoms with Gasteiger partial charge in [0.15, 0.2) is 0 Å². The Morgan fingerprint density at radius 2 is 1.78 bits per heavy atom. The summed E-state index contributed by atoms with van der Waals surface area (Å²) in [5.41, 5.74) is 0.337. The summed E-state index contributed by atoms with van der Waals surface area (Å²) in [6.07, 6.45) is 2.04. The highest BCUT2D eigenvalue weighted by Crippen LogP contribution is 2.32.